The van der Waals surface area contributed by atoms with Crippen molar-refractivity contribution in [1.82, 2.24) is 21.3 Å². The maximum Gasteiger partial charge on any atom is 0.326 e. The van der Waals surface area contributed by atoms with E-state index < -0.39 is 72.1 Å². The zero-order valence-electron chi connectivity index (χ0n) is 19.5. The summed E-state index contributed by atoms with van der Waals surface area (Å²) in [6, 6.07) is -4.30. The van der Waals surface area contributed by atoms with Crippen LogP contribution in [0.5, 0.6) is 0 Å². The fraction of sp³-hybridized carbons (Fsp3) is 0.714. The summed E-state index contributed by atoms with van der Waals surface area (Å²) in [4.78, 5) is 72.0. The molecule has 34 heavy (non-hydrogen) atoms. The molecule has 8 N–H and O–H groups in total. The lowest BCUT2D eigenvalue weighted by atomic mass is 9.98. The third-order valence-corrected chi connectivity index (χ3v) is 5.75. The van der Waals surface area contributed by atoms with Gasteiger partial charge in [-0.05, 0) is 38.1 Å². The standard InChI is InChI=1S/C21H35N5O8/c1-3-11(2)17(21(33)34)26-20(32)13(6-8-15(22)27)25-19(31)14(7-9-16(28)29)24-18(30)12-5-4-10-23-12/h11-14,17,23H,3-10H2,1-2H3,(H2,22,27)(H,24,30)(H,25,31)(H,26,32)(H,28,29)(H,33,34). The fourth-order valence-corrected chi connectivity index (χ4v) is 3.48. The third kappa shape index (κ3) is 9.73. The summed E-state index contributed by atoms with van der Waals surface area (Å²) in [5.74, 6) is -5.69. The van der Waals surface area contributed by atoms with E-state index in [0.29, 0.717) is 19.4 Å². The Morgan fingerprint density at radius 2 is 1.56 bits per heavy atom. The number of carbonyl (C=O) groups excluding carboxylic acids is 4. The minimum absolute atomic E-state index is 0.205. The maximum atomic E-state index is 12.9. The molecule has 1 saturated heterocycles. The Morgan fingerprint density at radius 3 is 2.06 bits per heavy atom. The van der Waals surface area contributed by atoms with Crippen LogP contribution < -0.4 is 27.0 Å². The van der Waals surface area contributed by atoms with Gasteiger partial charge in [0.25, 0.3) is 0 Å². The lowest BCUT2D eigenvalue weighted by Crippen LogP contribution is -2.57. The highest BCUT2D eigenvalue weighted by Crippen LogP contribution is 2.10. The summed E-state index contributed by atoms with van der Waals surface area (Å²) >= 11 is 0. The van der Waals surface area contributed by atoms with Crippen LogP contribution in [-0.4, -0.2) is 76.5 Å². The summed E-state index contributed by atoms with van der Waals surface area (Å²) < 4.78 is 0. The van der Waals surface area contributed by atoms with Gasteiger partial charge in [-0.2, -0.15) is 0 Å². The van der Waals surface area contributed by atoms with Crippen molar-refractivity contribution in [3.8, 4) is 0 Å². The average molecular weight is 486 g/mol. The smallest absolute Gasteiger partial charge is 0.326 e. The van der Waals surface area contributed by atoms with E-state index in [9.17, 15) is 33.9 Å². The van der Waals surface area contributed by atoms with Crippen LogP contribution >= 0.6 is 0 Å². The molecule has 1 aliphatic rings. The van der Waals surface area contributed by atoms with Gasteiger partial charge in [-0.25, -0.2) is 4.79 Å². The zero-order chi connectivity index (χ0) is 25.8. The molecule has 0 aromatic heterocycles. The van der Waals surface area contributed by atoms with Gasteiger partial charge in [0.1, 0.15) is 18.1 Å². The lowest BCUT2D eigenvalue weighted by Gasteiger charge is -2.26. The Morgan fingerprint density at radius 1 is 0.971 bits per heavy atom. The van der Waals surface area contributed by atoms with E-state index in [4.69, 9.17) is 10.8 Å². The van der Waals surface area contributed by atoms with Crippen molar-refractivity contribution in [1.29, 1.82) is 0 Å². The van der Waals surface area contributed by atoms with Crippen LogP contribution in [0.3, 0.4) is 0 Å². The molecule has 0 aromatic rings. The normalized spacial score (nSPS) is 18.7. The summed E-state index contributed by atoms with van der Waals surface area (Å²) in [6.45, 7) is 4.04. The molecule has 1 aliphatic heterocycles. The van der Waals surface area contributed by atoms with Crippen LogP contribution in [0.25, 0.3) is 0 Å². The average Bonchev–Trinajstić information content (AvgIpc) is 3.31. The van der Waals surface area contributed by atoms with Gasteiger partial charge in [0.2, 0.25) is 23.6 Å². The summed E-state index contributed by atoms with van der Waals surface area (Å²) in [5.41, 5.74) is 5.16. The topological polar surface area (TPSA) is 217 Å². The maximum absolute atomic E-state index is 12.9. The number of rotatable bonds is 15. The Balaban J connectivity index is 2.99. The number of amides is 4. The number of hydrogen-bond acceptors (Lipinski definition) is 7. The van der Waals surface area contributed by atoms with Crippen LogP contribution in [-0.2, 0) is 28.8 Å². The molecule has 0 bridgehead atoms. The van der Waals surface area contributed by atoms with Crippen LogP contribution in [0.4, 0.5) is 0 Å². The second-order valence-corrected chi connectivity index (χ2v) is 8.42. The molecule has 4 amide bonds. The molecule has 1 rings (SSSR count). The quantitative estimate of drug-likeness (QED) is 0.143. The fourth-order valence-electron chi connectivity index (χ4n) is 3.48. The molecular weight excluding hydrogens is 450 g/mol. The van der Waals surface area contributed by atoms with Crippen LogP contribution in [0, 0.1) is 5.92 Å². The van der Waals surface area contributed by atoms with E-state index in [-0.39, 0.29) is 19.3 Å². The molecule has 192 valence electrons. The molecule has 0 radical (unpaired) electrons. The second-order valence-electron chi connectivity index (χ2n) is 8.42. The number of carbonyl (C=O) groups is 6. The van der Waals surface area contributed by atoms with Crippen molar-refractivity contribution in [2.45, 2.75) is 83.0 Å². The van der Waals surface area contributed by atoms with E-state index in [2.05, 4.69) is 21.3 Å². The Kier molecular flexibility index (Phi) is 12.0. The molecule has 13 nitrogen and oxygen atoms in total. The van der Waals surface area contributed by atoms with E-state index in [1.807, 2.05) is 0 Å². The first kappa shape index (κ1) is 28.8. The first-order valence-electron chi connectivity index (χ1n) is 11.3. The first-order valence-corrected chi connectivity index (χ1v) is 11.3. The van der Waals surface area contributed by atoms with E-state index in [1.54, 1.807) is 13.8 Å². The third-order valence-electron chi connectivity index (χ3n) is 5.75. The molecule has 1 heterocycles. The van der Waals surface area contributed by atoms with Gasteiger partial charge in [-0.3, -0.25) is 24.0 Å². The zero-order valence-corrected chi connectivity index (χ0v) is 19.5. The molecular formula is C21H35N5O8. The van der Waals surface area contributed by atoms with E-state index in [1.165, 1.54) is 0 Å². The van der Waals surface area contributed by atoms with Gasteiger partial charge >= 0.3 is 11.9 Å². The van der Waals surface area contributed by atoms with Gasteiger partial charge in [-0.1, -0.05) is 20.3 Å². The van der Waals surface area contributed by atoms with Gasteiger partial charge in [0.05, 0.1) is 6.04 Å². The summed E-state index contributed by atoms with van der Waals surface area (Å²) in [6.07, 6.45) is 0.697. The number of carboxylic acids is 2. The predicted octanol–water partition coefficient (Wildman–Crippen LogP) is -1.55. The molecule has 5 atom stereocenters. The van der Waals surface area contributed by atoms with Crippen molar-refractivity contribution in [2.75, 3.05) is 6.54 Å². The highest BCUT2D eigenvalue weighted by molar-refractivity contribution is 5.94. The number of aliphatic carboxylic acids is 2. The summed E-state index contributed by atoms with van der Waals surface area (Å²) in [7, 11) is 0. The van der Waals surface area contributed by atoms with Gasteiger partial charge < -0.3 is 37.2 Å². The predicted molar refractivity (Wildman–Crippen MR) is 119 cm³/mol. The van der Waals surface area contributed by atoms with Crippen molar-refractivity contribution in [3.05, 3.63) is 0 Å². The van der Waals surface area contributed by atoms with Crippen molar-refractivity contribution in [2.24, 2.45) is 11.7 Å². The van der Waals surface area contributed by atoms with Crippen molar-refractivity contribution < 1.29 is 39.0 Å². The lowest BCUT2D eigenvalue weighted by molar-refractivity contribution is -0.144. The SMILES string of the molecule is CCC(C)C(NC(=O)C(CCC(N)=O)NC(=O)C(CCC(=O)O)NC(=O)C1CCCN1)C(=O)O. The number of carboxylic acid groups (broad SMARTS) is 2. The van der Waals surface area contributed by atoms with E-state index in [0.717, 1.165) is 6.42 Å². The number of hydrogen-bond donors (Lipinski definition) is 7. The highest BCUT2D eigenvalue weighted by Gasteiger charge is 2.33. The molecule has 0 spiro atoms. The van der Waals surface area contributed by atoms with E-state index >= 15 is 0 Å². The molecule has 5 unspecified atom stereocenters. The first-order chi connectivity index (χ1) is 16.0. The molecule has 0 saturated carbocycles. The Hall–Kier alpha value is -3.22. The van der Waals surface area contributed by atoms with Crippen LogP contribution in [0.2, 0.25) is 0 Å². The Bertz CT molecular complexity index is 768. The number of nitrogens with two attached hydrogens (primary N) is 1. The van der Waals surface area contributed by atoms with Crippen molar-refractivity contribution in [3.63, 3.8) is 0 Å². The van der Waals surface area contributed by atoms with Gasteiger partial charge in [0.15, 0.2) is 0 Å². The minimum Gasteiger partial charge on any atom is -0.481 e. The Labute approximate surface area is 197 Å². The molecule has 1 fully saturated rings. The molecule has 0 aromatic carbocycles. The molecule has 13 heteroatoms. The largest absolute Gasteiger partial charge is 0.481 e. The number of primary amides is 1. The van der Waals surface area contributed by atoms with Gasteiger partial charge in [0, 0.05) is 12.8 Å². The second kappa shape index (κ2) is 14.1. The number of nitrogens with one attached hydrogen (secondary N) is 4. The highest BCUT2D eigenvalue weighted by atomic mass is 16.4. The summed E-state index contributed by atoms with van der Waals surface area (Å²) in [5, 5.41) is 28.7. The molecule has 0 aliphatic carbocycles. The minimum atomic E-state index is -1.32. The monoisotopic (exact) mass is 485 g/mol. The van der Waals surface area contributed by atoms with Crippen molar-refractivity contribution >= 4 is 35.6 Å². The van der Waals surface area contributed by atoms with Gasteiger partial charge in [-0.15, -0.1) is 0 Å². The van der Waals surface area contributed by atoms with Crippen LogP contribution in [0.15, 0.2) is 0 Å². The van der Waals surface area contributed by atoms with Crippen LogP contribution in [0.1, 0.15) is 58.8 Å².